The maximum atomic E-state index is 13.2. The Morgan fingerprint density at radius 1 is 0.374 bits per heavy atom. The van der Waals surface area contributed by atoms with Crippen LogP contribution in [0.1, 0.15) is 196 Å². The van der Waals surface area contributed by atoms with Gasteiger partial charge in [-0.3, -0.25) is 57.5 Å². The Morgan fingerprint density at radius 2 is 0.647 bits per heavy atom. The fraction of sp³-hybridized carbons (Fsp3) is 0.489. The fourth-order valence-electron chi connectivity index (χ4n) is 17.0. The van der Waals surface area contributed by atoms with Crippen LogP contribution in [0.15, 0.2) is 72.8 Å². The minimum Gasteiger partial charge on any atom is -0.477 e. The summed E-state index contributed by atoms with van der Waals surface area (Å²) in [6.45, 7) is 2.51. The third-order valence-corrected chi connectivity index (χ3v) is 27.4. The van der Waals surface area contributed by atoms with Crippen molar-refractivity contribution in [1.82, 2.24) is 78.4 Å². The summed E-state index contributed by atoms with van der Waals surface area (Å²) >= 11 is 48.4. The van der Waals surface area contributed by atoms with Crippen LogP contribution < -0.4 is 70.0 Å². The van der Waals surface area contributed by atoms with Crippen molar-refractivity contribution in [1.29, 1.82) is 5.26 Å². The number of primary amides is 1. The molecule has 0 bridgehead atoms. The third kappa shape index (κ3) is 31.6. The van der Waals surface area contributed by atoms with Gasteiger partial charge in [0.05, 0.1) is 46.4 Å². The summed E-state index contributed by atoms with van der Waals surface area (Å²) in [4.78, 5) is 197. The number of fused-ring (bicyclic) bond motifs is 4. The Kier molecular flexibility index (Phi) is 39.4. The second-order valence-electron chi connectivity index (χ2n) is 36.1. The molecule has 8 heterocycles. The highest BCUT2D eigenvalue weighted by atomic mass is 35.5. The summed E-state index contributed by atoms with van der Waals surface area (Å²) in [5.74, 6) is -6.35. The maximum absolute atomic E-state index is 13.2. The number of rotatable bonds is 34. The lowest BCUT2D eigenvalue weighted by Crippen LogP contribution is -2.54. The van der Waals surface area contributed by atoms with Gasteiger partial charge in [-0.25, -0.2) is 14.4 Å². The van der Waals surface area contributed by atoms with E-state index >= 15 is 0 Å². The van der Waals surface area contributed by atoms with Gasteiger partial charge in [0.2, 0.25) is 53.2 Å². The molecule has 4 aliphatic carbocycles. The van der Waals surface area contributed by atoms with Crippen molar-refractivity contribution in [3.8, 4) is 6.07 Å². The second-order valence-corrected chi connectivity index (χ2v) is 39.5. The van der Waals surface area contributed by atoms with Gasteiger partial charge in [-0.05, 0) is 199 Å². The number of carboxylic acid groups (broad SMARTS) is 1. The number of aromatic carboxylic acids is 1. The van der Waals surface area contributed by atoms with Crippen LogP contribution in [0.4, 0.5) is 0 Å². The van der Waals surface area contributed by atoms with Crippen molar-refractivity contribution in [2.75, 3.05) is 40.4 Å². The molecule has 0 spiro atoms. The predicted octanol–water partition coefficient (Wildman–Crippen LogP) is 11.8. The Morgan fingerprint density at radius 3 is 0.935 bits per heavy atom. The Labute approximate surface area is 845 Å². The number of methoxy groups -OCH3 is 2. The Hall–Kier alpha value is -10.9. The number of H-pyrrole nitrogens is 4. The van der Waals surface area contributed by atoms with Gasteiger partial charge in [0.25, 0.3) is 17.7 Å². The van der Waals surface area contributed by atoms with Gasteiger partial charge in [0.1, 0.15) is 65.1 Å². The van der Waals surface area contributed by atoms with Crippen LogP contribution in [0.3, 0.4) is 0 Å². The number of nitrogens with one attached hydrogen (secondary N) is 15. The second kappa shape index (κ2) is 50.5. The molecule has 8 fully saturated rings. The van der Waals surface area contributed by atoms with E-state index in [4.69, 9.17) is 119 Å². The topological polar surface area (TPSA) is 566 Å². The van der Waals surface area contributed by atoms with E-state index in [1.807, 2.05) is 0 Å². The van der Waals surface area contributed by atoms with E-state index in [2.05, 4.69) is 84.5 Å². The van der Waals surface area contributed by atoms with Gasteiger partial charge in [0, 0.05) is 114 Å². The van der Waals surface area contributed by atoms with E-state index in [0.29, 0.717) is 185 Å². The number of carboxylic acids is 1. The first-order chi connectivity index (χ1) is 65.9. The van der Waals surface area contributed by atoms with E-state index in [9.17, 15) is 77.2 Å². The lowest BCUT2D eigenvalue weighted by Gasteiger charge is -2.27. The zero-order valence-electron chi connectivity index (χ0n) is 75.9. The molecule has 8 aromatic rings. The quantitative estimate of drug-likeness (QED) is 0.0167. The highest BCUT2D eigenvalue weighted by Crippen LogP contribution is 2.39. The van der Waals surface area contributed by atoms with Crippen LogP contribution >= 0.6 is 105 Å². The normalized spacial score (nSPS) is 19.4. The van der Waals surface area contributed by atoms with Crippen LogP contribution in [-0.2, 0) is 62.2 Å². The van der Waals surface area contributed by atoms with Gasteiger partial charge in [-0.1, -0.05) is 144 Å². The van der Waals surface area contributed by atoms with E-state index in [0.717, 1.165) is 77.0 Å². The number of carbonyl (C=O) groups is 15. The molecule has 4 aromatic carbocycles. The molecule has 4 aromatic heterocycles. The van der Waals surface area contributed by atoms with Crippen LogP contribution in [0.2, 0.25) is 40.2 Å². The molecule has 20 N–H and O–H groups in total. The minimum atomic E-state index is -1.02. The number of amides is 12. The van der Waals surface area contributed by atoms with E-state index in [1.54, 1.807) is 66.7 Å². The number of halogens is 9. The standard InChI is InChI=1S/C24H28Cl2N4O5.C23H27Cl2N5O4.C23H25Cl2N5O3.C15H25N3O4.C9H5Cl2NO2.ClH/c1-35-24(34)20(8-13-3-2-6-27-21(13)31)30-22(32)18(7-12-4-5-12)29-23(33)19-11-15-16(26)9-14(25)10-17(15)28-19;24-13-8-15(25)14-10-19(28-16(14)9-13)23(34)30-18(6-11-3-4-11)22(33)29-17(20(26)31)7-12-2-1-5-27-21(12)32;24-14-8-17(25)16-10-20(29-18(16)9-14)23(33)30-19(6-12-3-4-12)22(32)28-15(11-26)7-13-2-1-5-27-21(13)31;1-22-15(21)12(8-10-3-2-6-17-13(10)19)18-14(20)11(16)7-9-4-5-9;10-4-1-6(11)5-3-8(9(13)14)12-7(5)2-4;/h9-13,18,20,28H,2-8H2,1H3,(H,27,31)(H,29,33)(H,30,32);8-12,17-18,28H,1-7H2,(H2,26,31)(H,27,32)(H,29,33)(H,30,34);8-10,12-13,15,19,29H,1-7H2,(H,27,31)(H,28,32)(H,30,33);9-12H,2-8,16H2,1H3,(H,17,19)(H,18,20);1-3,12H,(H,13,14);1H/t13-,18-,20-;12-,17-,18-;13-,15-,19-;10-,11-,12-;;/m0000../s1. The van der Waals surface area contributed by atoms with Gasteiger partial charge in [-0.15, -0.1) is 12.4 Å². The Balaban J connectivity index is 0.000000171. The summed E-state index contributed by atoms with van der Waals surface area (Å²) in [6, 6.07) is 14.6. The predicted molar refractivity (Wildman–Crippen MR) is 527 cm³/mol. The molecule has 45 heteroatoms. The first-order valence-corrected chi connectivity index (χ1v) is 48.9. The summed E-state index contributed by atoms with van der Waals surface area (Å²) in [7, 11) is 2.51. The molecule has 748 valence electrons. The Bertz CT molecular complexity index is 5950. The molecule has 4 saturated heterocycles. The molecule has 12 amide bonds. The molecule has 4 saturated carbocycles. The van der Waals surface area contributed by atoms with E-state index < -0.39 is 119 Å². The SMILES string of the molecule is COC(=O)[C@H](C[C@@H]1CCCNC1=O)NC(=O)[C@@H](N)CC1CC1.COC(=O)[C@H](C[C@@H]1CCCNC1=O)NC(=O)[C@H](CC1CC1)NC(=O)c1cc2c(Cl)cc(Cl)cc2[nH]1.Cl.N#C[C@H](C[C@@H]1CCCNC1=O)NC(=O)[C@H](CC1CC1)NC(=O)c1cc2c(Cl)cc(Cl)cc2[nH]1.NC(=O)[C@H](C[C@@H]1CCCNC1=O)NC(=O)[C@H](CC1CC1)NC(=O)c1cc2c(Cl)cc(Cl)cc2[nH]1.O=C(O)c1cc2c(Cl)cc(Cl)cc2[nH]1. The first-order valence-electron chi connectivity index (χ1n) is 45.9. The van der Waals surface area contributed by atoms with Crippen LogP contribution in [0, 0.1) is 58.7 Å². The number of hydrogen-bond donors (Lipinski definition) is 18. The number of nitrogens with zero attached hydrogens (tertiary/aromatic N) is 1. The number of aromatic amines is 4. The smallest absolute Gasteiger partial charge is 0.352 e. The van der Waals surface area contributed by atoms with Crippen molar-refractivity contribution in [3.05, 3.63) is 136 Å². The molecule has 0 unspecified atom stereocenters. The number of carbonyl (C=O) groups excluding carboxylic acids is 14. The van der Waals surface area contributed by atoms with Gasteiger partial charge in [0.15, 0.2) is 0 Å². The van der Waals surface area contributed by atoms with Crippen LogP contribution in [-0.4, -0.2) is 203 Å². The number of nitriles is 1. The number of aromatic nitrogens is 4. The largest absolute Gasteiger partial charge is 0.477 e. The average Bonchev–Trinajstić information content (AvgIpc) is 2.54. The highest BCUT2D eigenvalue weighted by molar-refractivity contribution is 6.41. The molecule has 4 aliphatic heterocycles. The summed E-state index contributed by atoms with van der Waals surface area (Å²) < 4.78 is 9.60. The lowest BCUT2D eigenvalue weighted by molar-refractivity contribution is -0.146. The maximum Gasteiger partial charge on any atom is 0.352 e. The molecular formula is C94H111Cl9N18O18. The number of ether oxygens (including phenoxy) is 2. The van der Waals surface area contributed by atoms with Crippen molar-refractivity contribution in [3.63, 3.8) is 0 Å². The molecule has 0 radical (unpaired) electrons. The number of nitrogens with two attached hydrogens (primary N) is 2. The lowest BCUT2D eigenvalue weighted by atomic mass is 9.91. The van der Waals surface area contributed by atoms with Crippen molar-refractivity contribution < 1.29 is 86.5 Å². The molecule has 8 aliphatic rings. The number of piperidine rings is 4. The molecule has 36 nitrogen and oxygen atoms in total. The molecule has 16 rings (SSSR count). The zero-order chi connectivity index (χ0) is 99.5. The van der Waals surface area contributed by atoms with Crippen LogP contribution in [0.25, 0.3) is 43.6 Å². The molecular weight excluding hydrogens is 1990 g/mol. The third-order valence-electron chi connectivity index (χ3n) is 25.3. The summed E-state index contributed by atoms with van der Waals surface area (Å²) in [5.41, 5.74) is 14.7. The fourth-order valence-corrected chi connectivity index (χ4v) is 19.2. The monoisotopic (exact) mass is 2090 g/mol. The van der Waals surface area contributed by atoms with Crippen LogP contribution in [0.5, 0.6) is 0 Å². The molecule has 139 heavy (non-hydrogen) atoms. The van der Waals surface area contributed by atoms with E-state index in [-0.39, 0.29) is 102 Å². The summed E-state index contributed by atoms with van der Waals surface area (Å²) in [6.07, 6.45) is 16.9. The van der Waals surface area contributed by atoms with Crippen molar-refractivity contribution in [2.24, 2.45) is 58.8 Å². The number of esters is 2. The molecule has 12 atom stereocenters. The van der Waals surface area contributed by atoms with Gasteiger partial charge >= 0.3 is 17.9 Å². The van der Waals surface area contributed by atoms with Crippen molar-refractivity contribution in [2.45, 2.75) is 202 Å². The highest BCUT2D eigenvalue weighted by Gasteiger charge is 2.41. The number of hydrogen-bond acceptors (Lipinski definition) is 19. The zero-order valence-corrected chi connectivity index (χ0v) is 82.8. The minimum absolute atomic E-state index is 0. The van der Waals surface area contributed by atoms with Crippen molar-refractivity contribution >= 4 is 238 Å². The van der Waals surface area contributed by atoms with Gasteiger partial charge in [-0.2, -0.15) is 5.26 Å². The summed E-state index contributed by atoms with van der Waals surface area (Å²) in [5, 5.41) is 54.6. The van der Waals surface area contributed by atoms with Gasteiger partial charge < -0.3 is 104 Å². The average molecular weight is 2100 g/mol. The first kappa shape index (κ1) is 109. The van der Waals surface area contributed by atoms with E-state index in [1.165, 1.54) is 20.3 Å². The number of benzene rings is 4.